The smallest absolute Gasteiger partial charge is 0.161 e. The highest BCUT2D eigenvalue weighted by Gasteiger charge is 2.27. The summed E-state index contributed by atoms with van der Waals surface area (Å²) in [6.45, 7) is 3.52. The second kappa shape index (κ2) is 5.91. The van der Waals surface area contributed by atoms with Gasteiger partial charge in [0.15, 0.2) is 17.3 Å². The molecule has 0 bridgehead atoms. The lowest BCUT2D eigenvalue weighted by atomic mass is 9.91. The zero-order valence-corrected chi connectivity index (χ0v) is 14.3. The number of nitrogens with two attached hydrogens (primary N) is 1. The van der Waals surface area contributed by atoms with Gasteiger partial charge < -0.3 is 15.7 Å². The summed E-state index contributed by atoms with van der Waals surface area (Å²) in [5.74, 6) is -1.29. The van der Waals surface area contributed by atoms with Gasteiger partial charge in [-0.2, -0.15) is 5.10 Å². The number of piperidine rings is 1. The van der Waals surface area contributed by atoms with E-state index in [4.69, 9.17) is 5.73 Å². The van der Waals surface area contributed by atoms with Crippen molar-refractivity contribution in [3.8, 4) is 17.0 Å². The molecule has 8 heteroatoms. The van der Waals surface area contributed by atoms with Crippen LogP contribution in [0.3, 0.4) is 0 Å². The highest BCUT2D eigenvalue weighted by molar-refractivity contribution is 5.96. The van der Waals surface area contributed by atoms with Crippen molar-refractivity contribution < 1.29 is 13.9 Å². The van der Waals surface area contributed by atoms with Gasteiger partial charge in [-0.3, -0.25) is 5.10 Å². The van der Waals surface area contributed by atoms with E-state index in [9.17, 15) is 13.9 Å². The number of anilines is 1. The summed E-state index contributed by atoms with van der Waals surface area (Å²) in [5, 5.41) is 17.8. The number of hydrogen-bond acceptors (Lipinski definition) is 5. The quantitative estimate of drug-likeness (QED) is 0.654. The largest absolute Gasteiger partial charge is 0.507 e. The average molecular weight is 359 g/mol. The molecule has 0 amide bonds. The van der Waals surface area contributed by atoms with Crippen LogP contribution in [-0.2, 0) is 0 Å². The van der Waals surface area contributed by atoms with Crippen LogP contribution in [0.25, 0.3) is 22.3 Å². The lowest BCUT2D eigenvalue weighted by Gasteiger charge is -2.37. The van der Waals surface area contributed by atoms with E-state index in [-0.39, 0.29) is 11.3 Å². The molecule has 26 heavy (non-hydrogen) atoms. The number of pyridine rings is 1. The van der Waals surface area contributed by atoms with Gasteiger partial charge in [-0.05, 0) is 38.0 Å². The number of nitrogens with one attached hydrogen (secondary N) is 1. The molecular weight excluding hydrogens is 340 g/mol. The number of aromatic nitrogens is 3. The summed E-state index contributed by atoms with van der Waals surface area (Å²) >= 11 is 0. The van der Waals surface area contributed by atoms with E-state index < -0.39 is 11.6 Å². The number of rotatable bonds is 2. The fraction of sp³-hybridized carbons (Fsp3) is 0.333. The van der Waals surface area contributed by atoms with Gasteiger partial charge in [0.1, 0.15) is 17.3 Å². The molecule has 0 atom stereocenters. The zero-order valence-electron chi connectivity index (χ0n) is 14.3. The van der Waals surface area contributed by atoms with E-state index in [2.05, 4.69) is 20.1 Å². The van der Waals surface area contributed by atoms with E-state index in [0.717, 1.165) is 38.1 Å². The van der Waals surface area contributed by atoms with Crippen LogP contribution < -0.4 is 10.6 Å². The molecule has 0 radical (unpaired) electrons. The fourth-order valence-electron chi connectivity index (χ4n) is 3.26. The Morgan fingerprint density at radius 3 is 2.62 bits per heavy atom. The van der Waals surface area contributed by atoms with Crippen molar-refractivity contribution in [2.24, 2.45) is 5.73 Å². The molecule has 3 aromatic rings. The number of benzene rings is 1. The predicted molar refractivity (Wildman–Crippen MR) is 94.9 cm³/mol. The van der Waals surface area contributed by atoms with Crippen molar-refractivity contribution in [2.75, 3.05) is 18.0 Å². The van der Waals surface area contributed by atoms with Gasteiger partial charge in [-0.1, -0.05) is 0 Å². The molecular formula is C18H19F2N5O. The molecule has 3 heterocycles. The number of aromatic amines is 1. The first-order chi connectivity index (χ1) is 12.3. The van der Waals surface area contributed by atoms with Crippen molar-refractivity contribution in [1.82, 2.24) is 15.2 Å². The van der Waals surface area contributed by atoms with E-state index >= 15 is 0 Å². The Kier molecular flexibility index (Phi) is 3.80. The van der Waals surface area contributed by atoms with Crippen molar-refractivity contribution in [2.45, 2.75) is 25.3 Å². The minimum Gasteiger partial charge on any atom is -0.507 e. The van der Waals surface area contributed by atoms with Crippen LogP contribution in [0.2, 0.25) is 0 Å². The van der Waals surface area contributed by atoms with Gasteiger partial charge >= 0.3 is 0 Å². The van der Waals surface area contributed by atoms with Crippen molar-refractivity contribution >= 4 is 16.9 Å². The molecule has 0 aliphatic carbocycles. The van der Waals surface area contributed by atoms with E-state index in [1.54, 1.807) is 6.07 Å². The maximum absolute atomic E-state index is 13.5. The maximum atomic E-state index is 13.5. The van der Waals surface area contributed by atoms with Crippen molar-refractivity contribution in [3.05, 3.63) is 35.9 Å². The number of nitrogens with zero attached hydrogens (tertiary/aromatic N) is 3. The first-order valence-corrected chi connectivity index (χ1v) is 8.41. The summed E-state index contributed by atoms with van der Waals surface area (Å²) in [5.41, 5.74) is 7.05. The lowest BCUT2D eigenvalue weighted by molar-refractivity contribution is 0.363. The van der Waals surface area contributed by atoms with Crippen LogP contribution in [0.15, 0.2) is 24.3 Å². The molecule has 1 fully saturated rings. The van der Waals surface area contributed by atoms with Gasteiger partial charge in [0.2, 0.25) is 0 Å². The molecule has 1 aliphatic rings. The van der Waals surface area contributed by atoms with Gasteiger partial charge in [0.05, 0.1) is 5.39 Å². The molecule has 136 valence electrons. The summed E-state index contributed by atoms with van der Waals surface area (Å²) in [7, 11) is 0. The molecule has 0 saturated carbocycles. The third-order valence-electron chi connectivity index (χ3n) is 4.92. The number of fused-ring (bicyclic) bond motifs is 1. The van der Waals surface area contributed by atoms with E-state index in [1.165, 1.54) is 6.07 Å². The summed E-state index contributed by atoms with van der Waals surface area (Å²) in [6, 6.07) is 5.06. The highest BCUT2D eigenvalue weighted by atomic mass is 19.2. The summed E-state index contributed by atoms with van der Waals surface area (Å²) < 4.78 is 26.7. The van der Waals surface area contributed by atoms with Crippen molar-refractivity contribution in [1.29, 1.82) is 0 Å². The Balaban J connectivity index is 1.73. The predicted octanol–water partition coefficient (Wildman–Crippen LogP) is 2.93. The Labute approximate surface area is 148 Å². The van der Waals surface area contributed by atoms with Crippen LogP contribution in [0, 0.1) is 11.6 Å². The number of hydrogen-bond donors (Lipinski definition) is 3. The van der Waals surface area contributed by atoms with Crippen molar-refractivity contribution in [3.63, 3.8) is 0 Å². The number of H-pyrrole nitrogens is 1. The average Bonchev–Trinajstić information content (AvgIpc) is 3.02. The first-order valence-electron chi connectivity index (χ1n) is 8.41. The summed E-state index contributed by atoms with van der Waals surface area (Å²) in [4.78, 5) is 6.59. The van der Waals surface area contributed by atoms with E-state index in [1.807, 2.05) is 6.92 Å². The van der Waals surface area contributed by atoms with Gasteiger partial charge in [0, 0.05) is 30.3 Å². The summed E-state index contributed by atoms with van der Waals surface area (Å²) in [6.07, 6.45) is 1.66. The van der Waals surface area contributed by atoms with E-state index in [0.29, 0.717) is 28.1 Å². The maximum Gasteiger partial charge on any atom is 0.161 e. The first kappa shape index (κ1) is 16.7. The molecule has 4 rings (SSSR count). The fourth-order valence-corrected chi connectivity index (χ4v) is 3.26. The molecule has 0 unspecified atom stereocenters. The monoisotopic (exact) mass is 359 g/mol. The van der Waals surface area contributed by atoms with Crippen LogP contribution in [0.1, 0.15) is 19.8 Å². The second-order valence-electron chi connectivity index (χ2n) is 7.07. The van der Waals surface area contributed by atoms with Gasteiger partial charge in [-0.25, -0.2) is 13.8 Å². The lowest BCUT2D eigenvalue weighted by Crippen LogP contribution is -2.48. The van der Waals surface area contributed by atoms with Gasteiger partial charge in [0.25, 0.3) is 0 Å². The topological polar surface area (TPSA) is 91.1 Å². The van der Waals surface area contributed by atoms with Crippen LogP contribution in [0.5, 0.6) is 5.75 Å². The minimum atomic E-state index is -0.971. The normalized spacial score (nSPS) is 17.0. The Morgan fingerprint density at radius 2 is 1.92 bits per heavy atom. The Bertz CT molecular complexity index is 975. The Morgan fingerprint density at radius 1 is 1.19 bits per heavy atom. The molecule has 2 aromatic heterocycles. The molecule has 1 aromatic carbocycles. The van der Waals surface area contributed by atoms with Crippen LogP contribution in [0.4, 0.5) is 14.6 Å². The number of halogens is 2. The Hall–Kier alpha value is -2.74. The third-order valence-corrected chi connectivity index (χ3v) is 4.92. The van der Waals surface area contributed by atoms with Gasteiger partial charge in [-0.15, -0.1) is 0 Å². The minimum absolute atomic E-state index is 0.0143. The second-order valence-corrected chi connectivity index (χ2v) is 7.07. The molecule has 6 nitrogen and oxygen atoms in total. The third kappa shape index (κ3) is 2.86. The SMILES string of the molecule is CC1(N)CCN(c2cc(O)c3c(-c4ccc(F)c(F)c4)n[nH]c3n2)CC1. The van der Waals surface area contributed by atoms with Crippen LogP contribution in [-0.4, -0.2) is 38.9 Å². The number of aromatic hydroxyl groups is 1. The zero-order chi connectivity index (χ0) is 18.5. The highest BCUT2D eigenvalue weighted by Crippen LogP contribution is 2.35. The molecule has 1 aliphatic heterocycles. The van der Waals surface area contributed by atoms with Crippen LogP contribution >= 0.6 is 0 Å². The molecule has 1 saturated heterocycles. The standard InChI is InChI=1S/C18H19F2N5O/c1-18(21)4-6-25(7-5-18)14-9-13(26)15-16(23-24-17(15)22-14)10-2-3-11(19)12(20)8-10/h2-3,8-9H,4-7,21H2,1H3,(H2,22,23,24,26). The molecule has 4 N–H and O–H groups in total. The molecule has 0 spiro atoms.